The fourth-order valence-electron chi connectivity index (χ4n) is 1.46. The smallest absolute Gasteiger partial charge is 0.0991 e. The summed E-state index contributed by atoms with van der Waals surface area (Å²) in [4.78, 5) is 0. The van der Waals surface area contributed by atoms with E-state index in [0.29, 0.717) is 5.57 Å². The van der Waals surface area contributed by atoms with Gasteiger partial charge in [0.1, 0.15) is 0 Å². The van der Waals surface area contributed by atoms with E-state index in [2.05, 4.69) is 38.4 Å². The van der Waals surface area contributed by atoms with E-state index in [0.717, 1.165) is 5.56 Å². The Morgan fingerprint density at radius 3 is 2.36 bits per heavy atom. The van der Waals surface area contributed by atoms with Gasteiger partial charge in [0.2, 0.25) is 0 Å². The van der Waals surface area contributed by atoms with Crippen LogP contribution in [0.3, 0.4) is 0 Å². The van der Waals surface area contributed by atoms with Crippen LogP contribution < -0.4 is 5.19 Å². The molecule has 2 heteroatoms. The fourth-order valence-corrected chi connectivity index (χ4v) is 3.10. The summed E-state index contributed by atoms with van der Waals surface area (Å²) in [6.07, 6.45) is 0. The van der Waals surface area contributed by atoms with Gasteiger partial charge in [-0.3, -0.25) is 0 Å². The SMILES string of the molecule is C=C(C#N)c1ccccc1[Si](C)(C)C. The standard InChI is InChI=1S/C12H15NSi/c1-10(9-13)11-7-5-6-8-12(11)14(2,3)4/h5-8H,1H2,2-4H3. The number of hydrogen-bond acceptors (Lipinski definition) is 1. The quantitative estimate of drug-likeness (QED) is 0.533. The first-order chi connectivity index (χ1) is 6.46. The van der Waals surface area contributed by atoms with Crippen LogP contribution in [0.1, 0.15) is 5.56 Å². The average molecular weight is 201 g/mol. The first kappa shape index (κ1) is 10.7. The number of nitrogens with zero attached hydrogens (tertiary/aromatic N) is 1. The Morgan fingerprint density at radius 2 is 1.86 bits per heavy atom. The van der Waals surface area contributed by atoms with Gasteiger partial charge in [-0.25, -0.2) is 0 Å². The number of hydrogen-bond donors (Lipinski definition) is 0. The third-order valence-electron chi connectivity index (χ3n) is 2.20. The van der Waals surface area contributed by atoms with Crippen LogP contribution in [0, 0.1) is 11.3 Å². The molecule has 0 aliphatic rings. The van der Waals surface area contributed by atoms with Gasteiger partial charge in [0.15, 0.2) is 0 Å². The van der Waals surface area contributed by atoms with Gasteiger partial charge < -0.3 is 0 Å². The molecular formula is C12H15NSi. The third-order valence-corrected chi connectivity index (χ3v) is 4.25. The van der Waals surface area contributed by atoms with Gasteiger partial charge in [-0.2, -0.15) is 5.26 Å². The Hall–Kier alpha value is -1.33. The van der Waals surface area contributed by atoms with Crippen molar-refractivity contribution in [3.8, 4) is 6.07 Å². The lowest BCUT2D eigenvalue weighted by Gasteiger charge is -2.20. The molecule has 1 rings (SSSR count). The first-order valence-corrected chi connectivity index (χ1v) is 8.15. The molecule has 14 heavy (non-hydrogen) atoms. The first-order valence-electron chi connectivity index (χ1n) is 4.65. The zero-order valence-electron chi connectivity index (χ0n) is 8.96. The molecule has 0 amide bonds. The molecule has 0 atom stereocenters. The van der Waals surface area contributed by atoms with Crippen LogP contribution in [0.15, 0.2) is 30.8 Å². The maximum absolute atomic E-state index is 8.84. The fraction of sp³-hybridized carbons (Fsp3) is 0.250. The van der Waals surface area contributed by atoms with Crippen molar-refractivity contribution in [1.82, 2.24) is 0 Å². The average Bonchev–Trinajstić information content (AvgIpc) is 2.15. The van der Waals surface area contributed by atoms with Crippen molar-refractivity contribution in [3.05, 3.63) is 36.4 Å². The second-order valence-electron chi connectivity index (χ2n) is 4.39. The summed E-state index contributed by atoms with van der Waals surface area (Å²) >= 11 is 0. The van der Waals surface area contributed by atoms with Crippen LogP contribution in [-0.4, -0.2) is 8.07 Å². The van der Waals surface area contributed by atoms with E-state index < -0.39 is 8.07 Å². The number of rotatable bonds is 2. The lowest BCUT2D eigenvalue weighted by atomic mass is 10.1. The lowest BCUT2D eigenvalue weighted by Crippen LogP contribution is -2.39. The minimum Gasteiger partial charge on any atom is -0.192 e. The van der Waals surface area contributed by atoms with Crippen molar-refractivity contribution < 1.29 is 0 Å². The van der Waals surface area contributed by atoms with Gasteiger partial charge in [0.05, 0.1) is 19.7 Å². The number of benzene rings is 1. The normalized spacial score (nSPS) is 10.7. The minimum absolute atomic E-state index is 0.572. The summed E-state index contributed by atoms with van der Waals surface area (Å²) < 4.78 is 0. The second kappa shape index (κ2) is 3.81. The molecule has 1 aromatic carbocycles. The Kier molecular flexibility index (Phi) is 2.92. The van der Waals surface area contributed by atoms with Crippen LogP contribution in [-0.2, 0) is 0 Å². The lowest BCUT2D eigenvalue weighted by molar-refractivity contribution is 1.53. The Morgan fingerprint density at radius 1 is 1.29 bits per heavy atom. The maximum atomic E-state index is 8.84. The molecule has 0 bridgehead atoms. The van der Waals surface area contributed by atoms with E-state index >= 15 is 0 Å². The molecule has 0 N–H and O–H groups in total. The molecule has 0 unspecified atom stereocenters. The highest BCUT2D eigenvalue weighted by Crippen LogP contribution is 2.13. The van der Waals surface area contributed by atoms with E-state index in [4.69, 9.17) is 5.26 Å². The minimum atomic E-state index is -1.37. The van der Waals surface area contributed by atoms with E-state index in [1.54, 1.807) is 0 Å². The molecule has 0 spiro atoms. The molecule has 0 heterocycles. The van der Waals surface area contributed by atoms with Crippen molar-refractivity contribution in [1.29, 1.82) is 5.26 Å². The van der Waals surface area contributed by atoms with Gasteiger partial charge in [0.25, 0.3) is 0 Å². The molecule has 1 aromatic rings. The summed E-state index contributed by atoms with van der Waals surface area (Å²) in [6.45, 7) is 10.6. The van der Waals surface area contributed by atoms with Crippen molar-refractivity contribution in [2.75, 3.05) is 0 Å². The maximum Gasteiger partial charge on any atom is 0.0991 e. The van der Waals surface area contributed by atoms with Crippen molar-refractivity contribution in [3.63, 3.8) is 0 Å². The van der Waals surface area contributed by atoms with Crippen LogP contribution in [0.4, 0.5) is 0 Å². The van der Waals surface area contributed by atoms with Gasteiger partial charge in [-0.1, -0.05) is 55.7 Å². The summed E-state index contributed by atoms with van der Waals surface area (Å²) in [6, 6.07) is 10.2. The summed E-state index contributed by atoms with van der Waals surface area (Å²) in [7, 11) is -1.37. The third kappa shape index (κ3) is 2.12. The number of nitriles is 1. The molecule has 72 valence electrons. The Labute approximate surface area is 86.7 Å². The predicted molar refractivity (Wildman–Crippen MR) is 64.1 cm³/mol. The molecular weight excluding hydrogens is 186 g/mol. The zero-order valence-corrected chi connectivity index (χ0v) is 9.96. The molecule has 0 fully saturated rings. The summed E-state index contributed by atoms with van der Waals surface area (Å²) in [5.74, 6) is 0. The van der Waals surface area contributed by atoms with E-state index in [1.165, 1.54) is 5.19 Å². The zero-order chi connectivity index (χ0) is 10.8. The second-order valence-corrected chi connectivity index (χ2v) is 9.42. The molecule has 0 aromatic heterocycles. The Balaban J connectivity index is 3.32. The van der Waals surface area contributed by atoms with Crippen LogP contribution in [0.25, 0.3) is 5.57 Å². The Bertz CT molecular complexity index is 394. The van der Waals surface area contributed by atoms with Crippen molar-refractivity contribution in [2.45, 2.75) is 19.6 Å². The predicted octanol–water partition coefficient (Wildman–Crippen LogP) is 2.77. The van der Waals surface area contributed by atoms with Gasteiger partial charge >= 0.3 is 0 Å². The van der Waals surface area contributed by atoms with E-state index in [9.17, 15) is 0 Å². The highest BCUT2D eigenvalue weighted by atomic mass is 28.3. The van der Waals surface area contributed by atoms with Crippen LogP contribution in [0.2, 0.25) is 19.6 Å². The van der Waals surface area contributed by atoms with E-state index in [-0.39, 0.29) is 0 Å². The molecule has 0 saturated carbocycles. The molecule has 0 aliphatic carbocycles. The van der Waals surface area contributed by atoms with Crippen molar-refractivity contribution >= 4 is 18.8 Å². The molecule has 0 aliphatic heterocycles. The van der Waals surface area contributed by atoms with E-state index in [1.807, 2.05) is 18.2 Å². The topological polar surface area (TPSA) is 23.8 Å². The summed E-state index contributed by atoms with van der Waals surface area (Å²) in [5.41, 5.74) is 1.59. The van der Waals surface area contributed by atoms with Gasteiger partial charge in [-0.05, 0) is 5.56 Å². The highest BCUT2D eigenvalue weighted by molar-refractivity contribution is 6.89. The monoisotopic (exact) mass is 201 g/mol. The van der Waals surface area contributed by atoms with Crippen molar-refractivity contribution in [2.24, 2.45) is 0 Å². The van der Waals surface area contributed by atoms with Gasteiger partial charge in [-0.15, -0.1) is 0 Å². The van der Waals surface area contributed by atoms with Crippen LogP contribution in [0.5, 0.6) is 0 Å². The highest BCUT2D eigenvalue weighted by Gasteiger charge is 2.20. The van der Waals surface area contributed by atoms with Crippen LogP contribution >= 0.6 is 0 Å². The van der Waals surface area contributed by atoms with Gasteiger partial charge in [0, 0.05) is 0 Å². The molecule has 1 nitrogen and oxygen atoms in total. The number of allylic oxidation sites excluding steroid dienone is 1. The largest absolute Gasteiger partial charge is 0.192 e. The summed E-state index contributed by atoms with van der Waals surface area (Å²) in [5, 5.41) is 10.2. The molecule has 0 radical (unpaired) electrons. The molecule has 0 saturated heterocycles.